The molecule has 2 aromatic rings. The quantitative estimate of drug-likeness (QED) is 0.785. The van der Waals surface area contributed by atoms with Gasteiger partial charge in [-0.3, -0.25) is 4.79 Å². The first-order chi connectivity index (χ1) is 9.93. The molecule has 116 valence electrons. The Labute approximate surface area is 128 Å². The Balaban J connectivity index is 0.000000579. The molecule has 2 nitrogen and oxygen atoms in total. The Bertz CT molecular complexity index is 540. The van der Waals surface area contributed by atoms with Crippen molar-refractivity contribution in [3.05, 3.63) is 47.5 Å². The zero-order valence-corrected chi connectivity index (χ0v) is 14.1. The summed E-state index contributed by atoms with van der Waals surface area (Å²) in [4.78, 5) is 10.6. The molecule has 2 aromatic carbocycles. The summed E-state index contributed by atoms with van der Waals surface area (Å²) in [7, 11) is 1.00. The lowest BCUT2D eigenvalue weighted by Gasteiger charge is -2.06. The number of benzene rings is 2. The Hall–Kier alpha value is -1.67. The molecule has 2 heteroatoms. The summed E-state index contributed by atoms with van der Waals surface area (Å²) in [5.74, 6) is 1.38. The summed E-state index contributed by atoms with van der Waals surface area (Å²) >= 11 is 0. The number of rotatable bonds is 2. The van der Waals surface area contributed by atoms with Gasteiger partial charge in [0.2, 0.25) is 0 Å². The average molecular weight is 288 g/mol. The molecule has 0 aromatic heterocycles. The van der Waals surface area contributed by atoms with Crippen LogP contribution in [0.1, 0.15) is 56.5 Å². The molecule has 0 atom stereocenters. The lowest BCUT2D eigenvalue weighted by Crippen LogP contribution is -1.87. The molecule has 21 heavy (non-hydrogen) atoms. The van der Waals surface area contributed by atoms with Gasteiger partial charge >= 0.3 is 0 Å². The van der Waals surface area contributed by atoms with Gasteiger partial charge in [-0.15, -0.1) is 0 Å². The molecule has 0 saturated carbocycles. The van der Waals surface area contributed by atoms with Crippen LogP contribution in [0.2, 0.25) is 0 Å². The van der Waals surface area contributed by atoms with Crippen LogP contribution < -0.4 is 0 Å². The molecular formula is C19H28O2. The average Bonchev–Trinajstić information content (AvgIpc) is 2.47. The van der Waals surface area contributed by atoms with Gasteiger partial charge in [-0.1, -0.05) is 65.0 Å². The first-order valence-electron chi connectivity index (χ1n) is 7.37. The zero-order chi connectivity index (χ0) is 16.4. The summed E-state index contributed by atoms with van der Waals surface area (Å²) in [6, 6.07) is 12.2. The van der Waals surface area contributed by atoms with E-state index in [0.29, 0.717) is 5.92 Å². The number of carbonyl (C=O) groups is 1. The minimum atomic E-state index is 0.542. The fraction of sp³-hybridized carbons (Fsp3) is 0.421. The molecule has 0 unspecified atom stereocenters. The minimum absolute atomic E-state index is 0.542. The third-order valence-corrected chi connectivity index (χ3v) is 2.69. The molecule has 0 aliphatic carbocycles. The van der Waals surface area contributed by atoms with E-state index in [1.54, 1.807) is 0 Å². The number of hydrogen-bond acceptors (Lipinski definition) is 2. The first-order valence-corrected chi connectivity index (χ1v) is 7.37. The maximum absolute atomic E-state index is 10.6. The normalized spacial score (nSPS) is 9.76. The maximum Gasteiger partial charge on any atom is 0.150 e. The molecule has 1 N–H and O–H groups in total. The fourth-order valence-corrected chi connectivity index (χ4v) is 1.72. The van der Waals surface area contributed by atoms with E-state index in [1.807, 2.05) is 18.2 Å². The SMILES string of the molecule is CC(C)C.CC(C)c1ccc2cc(C=O)ccc2c1.CO. The first kappa shape index (κ1) is 19.3. The van der Waals surface area contributed by atoms with Crippen LogP contribution in [0.25, 0.3) is 10.8 Å². The molecule has 0 aliphatic rings. The number of hydrogen-bond donors (Lipinski definition) is 1. The van der Waals surface area contributed by atoms with Crippen molar-refractivity contribution in [3.63, 3.8) is 0 Å². The minimum Gasteiger partial charge on any atom is -0.400 e. The number of aliphatic hydroxyl groups is 1. The van der Waals surface area contributed by atoms with Crippen molar-refractivity contribution >= 4 is 17.1 Å². The predicted molar refractivity (Wildman–Crippen MR) is 92.1 cm³/mol. The third kappa shape index (κ3) is 7.05. The van der Waals surface area contributed by atoms with Crippen molar-refractivity contribution in [2.24, 2.45) is 5.92 Å². The summed E-state index contributed by atoms with van der Waals surface area (Å²) in [6.07, 6.45) is 0.885. The van der Waals surface area contributed by atoms with Crippen LogP contribution in [-0.4, -0.2) is 18.5 Å². The van der Waals surface area contributed by atoms with Gasteiger partial charge in [0.05, 0.1) is 0 Å². The van der Waals surface area contributed by atoms with Gasteiger partial charge in [-0.25, -0.2) is 0 Å². The second kappa shape index (κ2) is 10.1. The third-order valence-electron chi connectivity index (χ3n) is 2.69. The lowest BCUT2D eigenvalue weighted by atomic mass is 9.98. The molecule has 0 amide bonds. The number of fused-ring (bicyclic) bond motifs is 1. The van der Waals surface area contributed by atoms with E-state index in [-0.39, 0.29) is 0 Å². The Morgan fingerprint density at radius 3 is 1.81 bits per heavy atom. The largest absolute Gasteiger partial charge is 0.400 e. The second-order valence-corrected chi connectivity index (χ2v) is 5.87. The Kier molecular flexibility index (Phi) is 9.31. The summed E-state index contributed by atoms with van der Waals surface area (Å²) in [5.41, 5.74) is 2.07. The summed E-state index contributed by atoms with van der Waals surface area (Å²) in [6.45, 7) is 10.9. The van der Waals surface area contributed by atoms with Gasteiger partial charge in [0.15, 0.2) is 0 Å². The predicted octanol–water partition coefficient (Wildman–Crippen LogP) is 5.05. The number of aliphatic hydroxyl groups excluding tert-OH is 1. The molecule has 0 spiro atoms. The molecule has 0 saturated heterocycles. The molecule has 0 aliphatic heterocycles. The van der Waals surface area contributed by atoms with Gasteiger partial charge in [-0.05, 0) is 34.2 Å². The molecule has 0 fully saturated rings. The highest BCUT2D eigenvalue weighted by atomic mass is 16.2. The van der Waals surface area contributed by atoms with Crippen molar-refractivity contribution in [1.29, 1.82) is 0 Å². The highest BCUT2D eigenvalue weighted by Crippen LogP contribution is 2.21. The molecule has 0 radical (unpaired) electrons. The van der Waals surface area contributed by atoms with E-state index in [4.69, 9.17) is 5.11 Å². The molecule has 0 bridgehead atoms. The van der Waals surface area contributed by atoms with Gasteiger partial charge in [-0.2, -0.15) is 0 Å². The van der Waals surface area contributed by atoms with E-state index in [2.05, 4.69) is 52.8 Å². The van der Waals surface area contributed by atoms with E-state index >= 15 is 0 Å². The molecular weight excluding hydrogens is 260 g/mol. The Morgan fingerprint density at radius 2 is 1.33 bits per heavy atom. The number of carbonyl (C=O) groups excluding carboxylic acids is 1. The Morgan fingerprint density at radius 1 is 0.857 bits per heavy atom. The van der Waals surface area contributed by atoms with Crippen molar-refractivity contribution in [2.45, 2.75) is 40.5 Å². The van der Waals surface area contributed by atoms with Crippen LogP contribution in [0.5, 0.6) is 0 Å². The van der Waals surface area contributed by atoms with E-state index in [1.165, 1.54) is 10.9 Å². The van der Waals surface area contributed by atoms with Crippen molar-refractivity contribution in [1.82, 2.24) is 0 Å². The van der Waals surface area contributed by atoms with Crippen LogP contribution in [0.3, 0.4) is 0 Å². The van der Waals surface area contributed by atoms with Gasteiger partial charge in [0.25, 0.3) is 0 Å². The van der Waals surface area contributed by atoms with Gasteiger partial charge in [0.1, 0.15) is 6.29 Å². The summed E-state index contributed by atoms with van der Waals surface area (Å²) < 4.78 is 0. The van der Waals surface area contributed by atoms with E-state index in [9.17, 15) is 4.79 Å². The van der Waals surface area contributed by atoms with Crippen LogP contribution in [0, 0.1) is 5.92 Å². The molecule has 0 heterocycles. The van der Waals surface area contributed by atoms with Crippen LogP contribution in [-0.2, 0) is 0 Å². The highest BCUT2D eigenvalue weighted by Gasteiger charge is 2.01. The summed E-state index contributed by atoms with van der Waals surface area (Å²) in [5, 5.41) is 9.33. The standard InChI is InChI=1S/C14H14O.C4H10.CH4O/c1-10(2)12-5-6-13-7-11(9-15)3-4-14(13)8-12;1-4(2)3;1-2/h3-10H,1-2H3;4H,1-3H3;2H,1H3. The van der Waals surface area contributed by atoms with E-state index in [0.717, 1.165) is 30.3 Å². The second-order valence-electron chi connectivity index (χ2n) is 5.87. The molecule has 2 rings (SSSR count). The fourth-order valence-electron chi connectivity index (χ4n) is 1.72. The highest BCUT2D eigenvalue weighted by molar-refractivity contribution is 5.89. The number of aldehydes is 1. The van der Waals surface area contributed by atoms with Crippen molar-refractivity contribution in [2.75, 3.05) is 7.11 Å². The van der Waals surface area contributed by atoms with E-state index < -0.39 is 0 Å². The van der Waals surface area contributed by atoms with Crippen LogP contribution >= 0.6 is 0 Å². The lowest BCUT2D eigenvalue weighted by molar-refractivity contribution is 0.112. The van der Waals surface area contributed by atoms with Crippen LogP contribution in [0.4, 0.5) is 0 Å². The monoisotopic (exact) mass is 288 g/mol. The van der Waals surface area contributed by atoms with Gasteiger partial charge < -0.3 is 5.11 Å². The smallest absolute Gasteiger partial charge is 0.150 e. The van der Waals surface area contributed by atoms with Gasteiger partial charge in [0, 0.05) is 12.7 Å². The zero-order valence-electron chi connectivity index (χ0n) is 14.1. The van der Waals surface area contributed by atoms with Crippen molar-refractivity contribution in [3.8, 4) is 0 Å². The topological polar surface area (TPSA) is 37.3 Å². The van der Waals surface area contributed by atoms with Crippen LogP contribution in [0.15, 0.2) is 36.4 Å². The maximum atomic E-state index is 10.6. The van der Waals surface area contributed by atoms with Crippen molar-refractivity contribution < 1.29 is 9.90 Å².